The Kier molecular flexibility index (Phi) is 6.38. The minimum Gasteiger partial charge on any atom is -0.354 e. The molecule has 5 nitrogen and oxygen atoms in total. The highest BCUT2D eigenvalue weighted by Crippen LogP contribution is 2.45. The number of likely N-dealkylation sites (tertiary alicyclic amines) is 2. The van der Waals surface area contributed by atoms with Crippen LogP contribution in [-0.4, -0.2) is 59.5 Å². The molecule has 6 heteroatoms. The number of amides is 1. The molecule has 156 valence electrons. The quantitative estimate of drug-likeness (QED) is 0.757. The molecule has 4 rings (SSSR count). The average Bonchev–Trinajstić information content (AvgIpc) is 3.40. The van der Waals surface area contributed by atoms with Crippen molar-refractivity contribution in [3.8, 4) is 0 Å². The van der Waals surface area contributed by atoms with Gasteiger partial charge < -0.3 is 10.2 Å². The number of carbonyl (C=O) groups excluding carboxylic acids is 1. The van der Waals surface area contributed by atoms with Crippen molar-refractivity contribution in [1.29, 1.82) is 0 Å². The summed E-state index contributed by atoms with van der Waals surface area (Å²) in [6.45, 7) is 11.1. The van der Waals surface area contributed by atoms with Crippen molar-refractivity contribution < 1.29 is 4.79 Å². The van der Waals surface area contributed by atoms with Gasteiger partial charge in [0.2, 0.25) is 5.91 Å². The summed E-state index contributed by atoms with van der Waals surface area (Å²) in [5, 5.41) is 6.60. The van der Waals surface area contributed by atoms with Crippen LogP contribution in [0.3, 0.4) is 0 Å². The molecular weight excluding hydrogens is 368 g/mol. The standard InChI is InChI=1S/C22H36N4OS/c1-17(2)15-25-11-7-22(8-12-25)6-3-10-26(16-20-23-9-13-28-20)19(22)14-24-21(27)18-4-5-18/h9,13,17-19H,3-8,10-12,14-16H2,1-2H3,(H,24,27)/t19-/m0/s1. The van der Waals surface area contributed by atoms with Gasteiger partial charge in [-0.1, -0.05) is 13.8 Å². The monoisotopic (exact) mass is 404 g/mol. The molecule has 1 saturated carbocycles. The van der Waals surface area contributed by atoms with Gasteiger partial charge in [0.25, 0.3) is 0 Å². The molecule has 0 unspecified atom stereocenters. The van der Waals surface area contributed by atoms with Crippen LogP contribution in [0.4, 0.5) is 0 Å². The van der Waals surface area contributed by atoms with Crippen LogP contribution < -0.4 is 5.32 Å². The van der Waals surface area contributed by atoms with Gasteiger partial charge in [-0.2, -0.15) is 0 Å². The number of hydrogen-bond donors (Lipinski definition) is 1. The molecule has 0 radical (unpaired) electrons. The number of nitrogens with one attached hydrogen (secondary N) is 1. The van der Waals surface area contributed by atoms with Crippen LogP contribution in [0.15, 0.2) is 11.6 Å². The maximum atomic E-state index is 12.4. The van der Waals surface area contributed by atoms with Crippen molar-refractivity contribution in [2.24, 2.45) is 17.3 Å². The van der Waals surface area contributed by atoms with Gasteiger partial charge in [0.05, 0.1) is 6.54 Å². The van der Waals surface area contributed by atoms with Gasteiger partial charge in [0.1, 0.15) is 5.01 Å². The molecule has 1 aliphatic carbocycles. The first kappa shape index (κ1) is 20.3. The Bertz CT molecular complexity index is 635. The Morgan fingerprint density at radius 1 is 1.29 bits per heavy atom. The van der Waals surface area contributed by atoms with E-state index in [1.807, 2.05) is 6.20 Å². The van der Waals surface area contributed by atoms with Crippen molar-refractivity contribution in [2.45, 2.75) is 65.0 Å². The van der Waals surface area contributed by atoms with Crippen LogP contribution in [0.1, 0.15) is 57.4 Å². The van der Waals surface area contributed by atoms with E-state index in [2.05, 4.69) is 39.3 Å². The fourth-order valence-corrected chi connectivity index (χ4v) is 5.99. The molecule has 1 aromatic heterocycles. The van der Waals surface area contributed by atoms with Gasteiger partial charge in [0.15, 0.2) is 0 Å². The van der Waals surface area contributed by atoms with Gasteiger partial charge >= 0.3 is 0 Å². The lowest BCUT2D eigenvalue weighted by atomic mass is 9.66. The topological polar surface area (TPSA) is 48.5 Å². The lowest BCUT2D eigenvalue weighted by Crippen LogP contribution is -2.60. The molecule has 1 spiro atoms. The third-order valence-electron chi connectivity index (χ3n) is 6.98. The first-order chi connectivity index (χ1) is 13.6. The van der Waals surface area contributed by atoms with E-state index in [1.54, 1.807) is 11.3 Å². The summed E-state index contributed by atoms with van der Waals surface area (Å²) >= 11 is 1.75. The average molecular weight is 405 g/mol. The van der Waals surface area contributed by atoms with Crippen molar-refractivity contribution in [1.82, 2.24) is 20.1 Å². The summed E-state index contributed by atoms with van der Waals surface area (Å²) < 4.78 is 0. The summed E-state index contributed by atoms with van der Waals surface area (Å²) in [6, 6.07) is 0.439. The Hall–Kier alpha value is -0.980. The van der Waals surface area contributed by atoms with Crippen LogP contribution in [0.25, 0.3) is 0 Å². The molecule has 3 heterocycles. The zero-order valence-corrected chi connectivity index (χ0v) is 18.3. The number of nitrogens with zero attached hydrogens (tertiary/aromatic N) is 3. The fourth-order valence-electron chi connectivity index (χ4n) is 5.35. The van der Waals surface area contributed by atoms with E-state index in [-0.39, 0.29) is 5.91 Å². The first-order valence-electron chi connectivity index (χ1n) is 11.2. The SMILES string of the molecule is CC(C)CN1CCC2(CCCN(Cc3nccs3)[C@H]2CNC(=O)C2CC2)CC1. The van der Waals surface area contributed by atoms with Crippen molar-refractivity contribution in [2.75, 3.05) is 32.7 Å². The van der Waals surface area contributed by atoms with E-state index in [0.717, 1.165) is 38.4 Å². The molecule has 0 bridgehead atoms. The summed E-state index contributed by atoms with van der Waals surface area (Å²) in [4.78, 5) is 22.2. The Balaban J connectivity index is 1.46. The van der Waals surface area contributed by atoms with Gasteiger partial charge in [-0.05, 0) is 69.5 Å². The molecule has 1 amide bonds. The number of piperidine rings is 2. The number of hydrogen-bond acceptors (Lipinski definition) is 5. The molecule has 1 atom stereocenters. The largest absolute Gasteiger partial charge is 0.354 e. The molecule has 0 aromatic carbocycles. The van der Waals surface area contributed by atoms with E-state index in [4.69, 9.17) is 0 Å². The van der Waals surface area contributed by atoms with Crippen LogP contribution in [-0.2, 0) is 11.3 Å². The second-order valence-electron chi connectivity index (χ2n) is 9.59. The van der Waals surface area contributed by atoms with E-state index in [9.17, 15) is 4.79 Å². The maximum Gasteiger partial charge on any atom is 0.223 e. The highest BCUT2D eigenvalue weighted by Gasteiger charge is 2.46. The number of carbonyl (C=O) groups is 1. The Morgan fingerprint density at radius 2 is 2.07 bits per heavy atom. The second-order valence-corrected chi connectivity index (χ2v) is 10.6. The third-order valence-corrected chi connectivity index (χ3v) is 7.75. The number of thiazole rings is 1. The molecule has 2 aliphatic heterocycles. The van der Waals surface area contributed by atoms with E-state index in [1.165, 1.54) is 50.3 Å². The van der Waals surface area contributed by atoms with Crippen LogP contribution in [0, 0.1) is 17.3 Å². The molecular formula is C22H36N4OS. The second kappa shape index (κ2) is 8.80. The van der Waals surface area contributed by atoms with Gasteiger partial charge in [-0.3, -0.25) is 9.69 Å². The van der Waals surface area contributed by atoms with Crippen molar-refractivity contribution >= 4 is 17.2 Å². The van der Waals surface area contributed by atoms with Gasteiger partial charge in [-0.15, -0.1) is 11.3 Å². The smallest absolute Gasteiger partial charge is 0.223 e. The van der Waals surface area contributed by atoms with Crippen LogP contribution >= 0.6 is 11.3 Å². The third kappa shape index (κ3) is 4.77. The lowest BCUT2D eigenvalue weighted by Gasteiger charge is -2.53. The summed E-state index contributed by atoms with van der Waals surface area (Å²) in [7, 11) is 0. The fraction of sp³-hybridized carbons (Fsp3) is 0.818. The highest BCUT2D eigenvalue weighted by molar-refractivity contribution is 7.09. The highest BCUT2D eigenvalue weighted by atomic mass is 32.1. The lowest BCUT2D eigenvalue weighted by molar-refractivity contribution is -0.123. The van der Waals surface area contributed by atoms with E-state index in [0.29, 0.717) is 17.4 Å². The predicted molar refractivity (Wildman–Crippen MR) is 114 cm³/mol. The Labute approximate surface area is 173 Å². The summed E-state index contributed by atoms with van der Waals surface area (Å²) in [5.74, 6) is 1.31. The van der Waals surface area contributed by atoms with Crippen molar-refractivity contribution in [3.05, 3.63) is 16.6 Å². The summed E-state index contributed by atoms with van der Waals surface area (Å²) in [6.07, 6.45) is 9.16. The number of rotatable bonds is 7. The van der Waals surface area contributed by atoms with Crippen molar-refractivity contribution in [3.63, 3.8) is 0 Å². The van der Waals surface area contributed by atoms with Gasteiger partial charge in [0, 0.05) is 36.6 Å². The molecule has 28 heavy (non-hydrogen) atoms. The molecule has 3 fully saturated rings. The maximum absolute atomic E-state index is 12.4. The molecule has 1 aromatic rings. The van der Waals surface area contributed by atoms with Crippen LogP contribution in [0.2, 0.25) is 0 Å². The predicted octanol–water partition coefficient (Wildman–Crippen LogP) is 3.37. The minimum atomic E-state index is 0.284. The molecule has 1 N–H and O–H groups in total. The number of aromatic nitrogens is 1. The van der Waals surface area contributed by atoms with E-state index >= 15 is 0 Å². The normalized spacial score (nSPS) is 26.0. The minimum absolute atomic E-state index is 0.284. The first-order valence-corrected chi connectivity index (χ1v) is 12.1. The molecule has 3 aliphatic rings. The zero-order chi connectivity index (χ0) is 19.6. The van der Waals surface area contributed by atoms with E-state index < -0.39 is 0 Å². The molecule has 2 saturated heterocycles. The Morgan fingerprint density at radius 3 is 2.71 bits per heavy atom. The van der Waals surface area contributed by atoms with Gasteiger partial charge in [-0.25, -0.2) is 4.98 Å². The summed E-state index contributed by atoms with van der Waals surface area (Å²) in [5.41, 5.74) is 0.347. The van der Waals surface area contributed by atoms with Crippen LogP contribution in [0.5, 0.6) is 0 Å². The zero-order valence-electron chi connectivity index (χ0n) is 17.5.